The minimum atomic E-state index is -4.60. The summed E-state index contributed by atoms with van der Waals surface area (Å²) in [6.45, 7) is 4.37. The number of pyridine rings is 2. The molecule has 0 radical (unpaired) electrons. The van der Waals surface area contributed by atoms with Crippen molar-refractivity contribution in [2.75, 3.05) is 62.0 Å². The van der Waals surface area contributed by atoms with Crippen LogP contribution in [0.1, 0.15) is 34.3 Å². The van der Waals surface area contributed by atoms with E-state index in [2.05, 4.69) is 30.4 Å². The van der Waals surface area contributed by atoms with Crippen molar-refractivity contribution in [2.45, 2.75) is 31.6 Å². The van der Waals surface area contributed by atoms with Gasteiger partial charge < -0.3 is 29.9 Å². The van der Waals surface area contributed by atoms with Gasteiger partial charge in [0, 0.05) is 49.8 Å². The number of carbonyl (C=O) groups excluding carboxylic acids is 1. The molecule has 4 heterocycles. The molecule has 9 nitrogen and oxygen atoms in total. The van der Waals surface area contributed by atoms with Crippen molar-refractivity contribution in [3.63, 3.8) is 0 Å². The predicted molar refractivity (Wildman–Crippen MR) is 149 cm³/mol. The summed E-state index contributed by atoms with van der Waals surface area (Å²) in [6.07, 6.45) is 0.609. The zero-order chi connectivity index (χ0) is 28.8. The highest BCUT2D eigenvalue weighted by atomic mass is 19.4. The van der Waals surface area contributed by atoms with Crippen LogP contribution in [0, 0.1) is 0 Å². The number of amides is 1. The number of aromatic nitrogens is 2. The van der Waals surface area contributed by atoms with Gasteiger partial charge in [0.25, 0.3) is 5.91 Å². The summed E-state index contributed by atoms with van der Waals surface area (Å²) in [6, 6.07) is 10.4. The number of hydrogen-bond acceptors (Lipinski definition) is 8. The summed E-state index contributed by atoms with van der Waals surface area (Å²) in [5.74, 6) is 0.607. The molecule has 2 aliphatic rings. The van der Waals surface area contributed by atoms with Crippen LogP contribution in [-0.4, -0.2) is 73.3 Å². The molecule has 0 saturated carbocycles. The van der Waals surface area contributed by atoms with E-state index in [1.54, 1.807) is 24.5 Å². The van der Waals surface area contributed by atoms with Gasteiger partial charge >= 0.3 is 6.18 Å². The molecule has 1 amide bonds. The fourth-order valence-electron chi connectivity index (χ4n) is 4.95. The van der Waals surface area contributed by atoms with E-state index in [0.29, 0.717) is 25.6 Å². The summed E-state index contributed by atoms with van der Waals surface area (Å²) in [7, 11) is 1.97. The third kappa shape index (κ3) is 7.44. The van der Waals surface area contributed by atoms with E-state index in [1.807, 2.05) is 19.2 Å². The second-order valence-corrected chi connectivity index (χ2v) is 10.2. The van der Waals surface area contributed by atoms with Crippen LogP contribution in [0.2, 0.25) is 0 Å². The number of nitrogens with one attached hydrogen (secondary N) is 2. The number of likely N-dealkylation sites (tertiary alicyclic amines) is 1. The Morgan fingerprint density at radius 3 is 2.68 bits per heavy atom. The fourth-order valence-corrected chi connectivity index (χ4v) is 4.95. The summed E-state index contributed by atoms with van der Waals surface area (Å²) in [4.78, 5) is 26.3. The van der Waals surface area contributed by atoms with Gasteiger partial charge in [-0.15, -0.1) is 0 Å². The minimum absolute atomic E-state index is 0.0151. The number of benzene rings is 1. The lowest BCUT2D eigenvalue weighted by Crippen LogP contribution is -2.36. The zero-order valence-electron chi connectivity index (χ0n) is 22.8. The van der Waals surface area contributed by atoms with Gasteiger partial charge in [-0.1, -0.05) is 0 Å². The molecule has 1 unspecified atom stereocenters. The molecule has 0 bridgehead atoms. The molecule has 218 valence electrons. The van der Waals surface area contributed by atoms with E-state index in [4.69, 9.17) is 9.47 Å². The third-order valence-corrected chi connectivity index (χ3v) is 7.26. The molecule has 5 rings (SSSR count). The first-order valence-corrected chi connectivity index (χ1v) is 13.6. The summed E-state index contributed by atoms with van der Waals surface area (Å²) in [5.41, 5.74) is 0.218. The van der Waals surface area contributed by atoms with E-state index >= 15 is 0 Å². The molecular weight excluding hydrogens is 537 g/mol. The molecule has 2 fully saturated rings. The van der Waals surface area contributed by atoms with E-state index in [9.17, 15) is 18.0 Å². The lowest BCUT2D eigenvalue weighted by molar-refractivity contribution is -0.137. The minimum Gasteiger partial charge on any atom is -0.492 e. The van der Waals surface area contributed by atoms with Crippen LogP contribution in [0.25, 0.3) is 0 Å². The van der Waals surface area contributed by atoms with Crippen LogP contribution in [-0.2, 0) is 17.5 Å². The number of morpholine rings is 1. The van der Waals surface area contributed by atoms with Gasteiger partial charge in [-0.05, 0) is 68.4 Å². The highest BCUT2D eigenvalue weighted by Crippen LogP contribution is 2.35. The Kier molecular flexibility index (Phi) is 8.89. The number of anilines is 3. The first-order valence-electron chi connectivity index (χ1n) is 13.6. The second-order valence-electron chi connectivity index (χ2n) is 10.2. The standard InChI is InChI=1S/C29H33F3N6O3/c1-37-9-3-4-23(37)19-41-24-16-21(29(30,31)32)15-22(17-24)36-28(39)25-5-2-7-34-27(25)35-18-20-6-8-33-26(14-20)38-10-12-40-13-11-38/h2,5-8,14-17,23H,3-4,9-13,18-19H2,1H3,(H,34,35)(H,36,39). The monoisotopic (exact) mass is 570 g/mol. The van der Waals surface area contributed by atoms with Crippen LogP contribution in [0.5, 0.6) is 5.75 Å². The Bertz CT molecular complexity index is 1350. The van der Waals surface area contributed by atoms with Crippen molar-refractivity contribution in [3.05, 3.63) is 71.5 Å². The third-order valence-electron chi connectivity index (χ3n) is 7.26. The topological polar surface area (TPSA) is 91.8 Å². The van der Waals surface area contributed by atoms with Crippen molar-refractivity contribution in [1.29, 1.82) is 0 Å². The quantitative estimate of drug-likeness (QED) is 0.384. The molecule has 0 aliphatic carbocycles. The SMILES string of the molecule is CN1CCCC1COc1cc(NC(=O)c2cccnc2NCc2ccnc(N3CCOCC3)c2)cc(C(F)(F)F)c1. The number of alkyl halides is 3. The van der Waals surface area contributed by atoms with Crippen molar-refractivity contribution in [1.82, 2.24) is 14.9 Å². The van der Waals surface area contributed by atoms with Gasteiger partial charge in [-0.2, -0.15) is 13.2 Å². The zero-order valence-corrected chi connectivity index (χ0v) is 22.8. The van der Waals surface area contributed by atoms with E-state index in [-0.39, 0.29) is 29.6 Å². The van der Waals surface area contributed by atoms with Crippen molar-refractivity contribution < 1.29 is 27.4 Å². The number of carbonyl (C=O) groups is 1. The maximum absolute atomic E-state index is 13.7. The Labute approximate surface area is 236 Å². The lowest BCUT2D eigenvalue weighted by atomic mass is 10.1. The van der Waals surface area contributed by atoms with Gasteiger partial charge in [-0.25, -0.2) is 9.97 Å². The molecule has 3 aromatic rings. The first-order chi connectivity index (χ1) is 19.8. The highest BCUT2D eigenvalue weighted by molar-refractivity contribution is 6.07. The summed E-state index contributed by atoms with van der Waals surface area (Å²) < 4.78 is 52.2. The Hall–Kier alpha value is -3.90. The fraction of sp³-hybridized carbons (Fsp3) is 0.414. The largest absolute Gasteiger partial charge is 0.492 e. The molecule has 2 aliphatic heterocycles. The average Bonchev–Trinajstić information content (AvgIpc) is 3.39. The van der Waals surface area contributed by atoms with Crippen LogP contribution in [0.15, 0.2) is 54.9 Å². The van der Waals surface area contributed by atoms with Crippen LogP contribution >= 0.6 is 0 Å². The van der Waals surface area contributed by atoms with Crippen LogP contribution in [0.3, 0.4) is 0 Å². The molecule has 1 aromatic carbocycles. The maximum Gasteiger partial charge on any atom is 0.416 e. The van der Waals surface area contributed by atoms with Crippen molar-refractivity contribution in [2.24, 2.45) is 0 Å². The number of nitrogens with zero attached hydrogens (tertiary/aromatic N) is 4. The molecule has 12 heteroatoms. The molecule has 0 spiro atoms. The van der Waals surface area contributed by atoms with Gasteiger partial charge in [0.15, 0.2) is 0 Å². The Morgan fingerprint density at radius 2 is 1.93 bits per heavy atom. The summed E-state index contributed by atoms with van der Waals surface area (Å²) in [5, 5.41) is 5.78. The number of hydrogen-bond donors (Lipinski definition) is 2. The first kappa shape index (κ1) is 28.6. The van der Waals surface area contributed by atoms with Crippen LogP contribution < -0.4 is 20.3 Å². The number of rotatable bonds is 9. The maximum atomic E-state index is 13.7. The van der Waals surface area contributed by atoms with Crippen LogP contribution in [0.4, 0.5) is 30.5 Å². The van der Waals surface area contributed by atoms with Gasteiger partial charge in [0.05, 0.1) is 24.3 Å². The number of ether oxygens (including phenoxy) is 2. The molecular formula is C29H33F3N6O3. The Balaban J connectivity index is 1.29. The second kappa shape index (κ2) is 12.7. The van der Waals surface area contributed by atoms with Gasteiger partial charge in [0.2, 0.25) is 0 Å². The molecule has 1 atom stereocenters. The lowest BCUT2D eigenvalue weighted by Gasteiger charge is -2.28. The van der Waals surface area contributed by atoms with E-state index in [1.165, 1.54) is 6.07 Å². The predicted octanol–water partition coefficient (Wildman–Crippen LogP) is 4.67. The van der Waals surface area contributed by atoms with Gasteiger partial charge in [0.1, 0.15) is 24.0 Å². The molecule has 41 heavy (non-hydrogen) atoms. The van der Waals surface area contributed by atoms with E-state index in [0.717, 1.165) is 56.0 Å². The van der Waals surface area contributed by atoms with Gasteiger partial charge in [-0.3, -0.25) is 4.79 Å². The van der Waals surface area contributed by atoms with E-state index < -0.39 is 17.6 Å². The number of halogens is 3. The molecule has 2 N–H and O–H groups in total. The van der Waals surface area contributed by atoms with Crippen molar-refractivity contribution in [3.8, 4) is 5.75 Å². The molecule has 2 aromatic heterocycles. The smallest absolute Gasteiger partial charge is 0.416 e. The molecule has 2 saturated heterocycles. The Morgan fingerprint density at radius 1 is 1.10 bits per heavy atom. The normalized spacial score (nSPS) is 17.9. The number of likely N-dealkylation sites (N-methyl/N-ethyl adjacent to an activating group) is 1. The van der Waals surface area contributed by atoms with Crippen molar-refractivity contribution >= 4 is 23.2 Å². The summed E-state index contributed by atoms with van der Waals surface area (Å²) >= 11 is 0. The average molecular weight is 571 g/mol. The highest BCUT2D eigenvalue weighted by Gasteiger charge is 2.32.